The Hall–Kier alpha value is -1.19. The Balaban J connectivity index is 2.40. The van der Waals surface area contributed by atoms with E-state index in [9.17, 15) is 0 Å². The molecule has 0 aromatic carbocycles. The molecule has 2 aromatic rings. The van der Waals surface area contributed by atoms with Crippen LogP contribution in [0.1, 0.15) is 22.7 Å². The Morgan fingerprint density at radius 1 is 1.40 bits per heavy atom. The maximum absolute atomic E-state index is 4.12. The van der Waals surface area contributed by atoms with E-state index >= 15 is 0 Å². The molecule has 0 saturated carbocycles. The first-order valence-electron chi connectivity index (χ1n) is 4.93. The lowest BCUT2D eigenvalue weighted by Gasteiger charge is -2.17. The molecule has 0 aliphatic carbocycles. The standard InChI is InChI=1S/C12H14N2S/c1-9-7-14-5-3-11(9)12(13-2)10-4-6-15-8-10/h3-8,12-13H,1-2H3. The van der Waals surface area contributed by atoms with Gasteiger partial charge in [-0.2, -0.15) is 11.3 Å². The summed E-state index contributed by atoms with van der Waals surface area (Å²) >= 11 is 1.73. The minimum Gasteiger partial charge on any atom is -0.309 e. The van der Waals surface area contributed by atoms with Crippen molar-refractivity contribution in [3.63, 3.8) is 0 Å². The van der Waals surface area contributed by atoms with Crippen LogP contribution in [0, 0.1) is 6.92 Å². The van der Waals surface area contributed by atoms with Gasteiger partial charge >= 0.3 is 0 Å². The van der Waals surface area contributed by atoms with Gasteiger partial charge in [-0.15, -0.1) is 0 Å². The lowest BCUT2D eigenvalue weighted by Crippen LogP contribution is -2.18. The number of hydrogen-bond acceptors (Lipinski definition) is 3. The van der Waals surface area contributed by atoms with Gasteiger partial charge in [0, 0.05) is 12.4 Å². The molecule has 0 aliphatic heterocycles. The summed E-state index contributed by atoms with van der Waals surface area (Å²) in [6, 6.07) is 4.51. The van der Waals surface area contributed by atoms with Crippen molar-refractivity contribution in [1.82, 2.24) is 10.3 Å². The quantitative estimate of drug-likeness (QED) is 0.857. The van der Waals surface area contributed by atoms with Crippen molar-refractivity contribution < 1.29 is 0 Å². The van der Waals surface area contributed by atoms with Gasteiger partial charge in [-0.3, -0.25) is 4.98 Å². The van der Waals surface area contributed by atoms with Gasteiger partial charge < -0.3 is 5.32 Å². The molecule has 0 radical (unpaired) electrons. The van der Waals surface area contributed by atoms with E-state index in [1.807, 2.05) is 19.4 Å². The van der Waals surface area contributed by atoms with Crippen molar-refractivity contribution in [3.8, 4) is 0 Å². The van der Waals surface area contributed by atoms with Crippen LogP contribution in [-0.2, 0) is 0 Å². The highest BCUT2D eigenvalue weighted by molar-refractivity contribution is 7.08. The molecule has 1 atom stereocenters. The van der Waals surface area contributed by atoms with Gasteiger partial charge in [0.05, 0.1) is 6.04 Å². The molecule has 0 fully saturated rings. The van der Waals surface area contributed by atoms with Gasteiger partial charge in [0.2, 0.25) is 0 Å². The van der Waals surface area contributed by atoms with Crippen LogP contribution in [0.25, 0.3) is 0 Å². The maximum atomic E-state index is 4.12. The van der Waals surface area contributed by atoms with Gasteiger partial charge in [0.25, 0.3) is 0 Å². The maximum Gasteiger partial charge on any atom is 0.0586 e. The largest absolute Gasteiger partial charge is 0.309 e. The second-order valence-corrected chi connectivity index (χ2v) is 4.29. The van der Waals surface area contributed by atoms with Gasteiger partial charge in [-0.1, -0.05) is 0 Å². The molecule has 1 N–H and O–H groups in total. The van der Waals surface area contributed by atoms with Crippen molar-refractivity contribution in [1.29, 1.82) is 0 Å². The van der Waals surface area contributed by atoms with E-state index < -0.39 is 0 Å². The van der Waals surface area contributed by atoms with Crippen molar-refractivity contribution in [3.05, 3.63) is 52.0 Å². The van der Waals surface area contributed by atoms with Gasteiger partial charge in [0.15, 0.2) is 0 Å². The second kappa shape index (κ2) is 4.55. The summed E-state index contributed by atoms with van der Waals surface area (Å²) in [5.74, 6) is 0. The minimum absolute atomic E-state index is 0.277. The number of aryl methyl sites for hydroxylation is 1. The Labute approximate surface area is 94.0 Å². The van der Waals surface area contributed by atoms with Crippen LogP contribution in [0.5, 0.6) is 0 Å². The fourth-order valence-electron chi connectivity index (χ4n) is 1.75. The van der Waals surface area contributed by atoms with Crippen LogP contribution < -0.4 is 5.32 Å². The van der Waals surface area contributed by atoms with Crippen molar-refractivity contribution in [2.75, 3.05) is 7.05 Å². The molecule has 1 unspecified atom stereocenters. The lowest BCUT2D eigenvalue weighted by molar-refractivity contribution is 0.688. The second-order valence-electron chi connectivity index (χ2n) is 3.51. The first-order valence-corrected chi connectivity index (χ1v) is 5.87. The molecular weight excluding hydrogens is 204 g/mol. The van der Waals surface area contributed by atoms with Crippen molar-refractivity contribution >= 4 is 11.3 Å². The molecule has 2 aromatic heterocycles. The molecule has 2 rings (SSSR count). The number of hydrogen-bond donors (Lipinski definition) is 1. The number of nitrogens with zero attached hydrogens (tertiary/aromatic N) is 1. The van der Waals surface area contributed by atoms with Gasteiger partial charge in [-0.05, 0) is 53.6 Å². The van der Waals surface area contributed by atoms with E-state index in [1.54, 1.807) is 11.3 Å². The SMILES string of the molecule is CNC(c1ccsc1)c1ccncc1C. The number of rotatable bonds is 3. The molecule has 0 bridgehead atoms. The average Bonchev–Trinajstić information content (AvgIpc) is 2.75. The number of nitrogens with one attached hydrogen (secondary N) is 1. The van der Waals surface area contributed by atoms with Crippen LogP contribution in [0.15, 0.2) is 35.3 Å². The molecule has 0 amide bonds. The highest BCUT2D eigenvalue weighted by atomic mass is 32.1. The van der Waals surface area contributed by atoms with Gasteiger partial charge in [-0.25, -0.2) is 0 Å². The zero-order valence-electron chi connectivity index (χ0n) is 8.90. The van der Waals surface area contributed by atoms with E-state index in [4.69, 9.17) is 0 Å². The predicted octanol–water partition coefficient (Wildman–Crippen LogP) is 2.76. The smallest absolute Gasteiger partial charge is 0.0586 e. The van der Waals surface area contributed by atoms with Crippen LogP contribution in [0.4, 0.5) is 0 Å². The van der Waals surface area contributed by atoms with Crippen LogP contribution in [0.3, 0.4) is 0 Å². The Kier molecular flexibility index (Phi) is 3.14. The third-order valence-electron chi connectivity index (χ3n) is 2.54. The fraction of sp³-hybridized carbons (Fsp3) is 0.250. The minimum atomic E-state index is 0.277. The number of aromatic nitrogens is 1. The van der Waals surface area contributed by atoms with Gasteiger partial charge in [0.1, 0.15) is 0 Å². The van der Waals surface area contributed by atoms with E-state index in [2.05, 4.69) is 40.1 Å². The third kappa shape index (κ3) is 2.08. The van der Waals surface area contributed by atoms with E-state index in [1.165, 1.54) is 16.7 Å². The van der Waals surface area contributed by atoms with Crippen LogP contribution in [-0.4, -0.2) is 12.0 Å². The molecule has 2 heterocycles. The highest BCUT2D eigenvalue weighted by Crippen LogP contribution is 2.25. The summed E-state index contributed by atoms with van der Waals surface area (Å²) < 4.78 is 0. The summed E-state index contributed by atoms with van der Waals surface area (Å²) in [4.78, 5) is 4.12. The summed E-state index contributed by atoms with van der Waals surface area (Å²) in [6.45, 7) is 2.10. The monoisotopic (exact) mass is 218 g/mol. The first-order chi connectivity index (χ1) is 7.33. The van der Waals surface area contributed by atoms with Crippen molar-refractivity contribution in [2.24, 2.45) is 0 Å². The molecular formula is C12H14N2S. The van der Waals surface area contributed by atoms with E-state index in [0.29, 0.717) is 0 Å². The highest BCUT2D eigenvalue weighted by Gasteiger charge is 2.13. The molecule has 78 valence electrons. The molecule has 15 heavy (non-hydrogen) atoms. The first kappa shape index (κ1) is 10.3. The lowest BCUT2D eigenvalue weighted by atomic mass is 9.99. The normalized spacial score (nSPS) is 12.7. The zero-order chi connectivity index (χ0) is 10.7. The molecule has 0 saturated heterocycles. The average molecular weight is 218 g/mol. The number of pyridine rings is 1. The zero-order valence-corrected chi connectivity index (χ0v) is 9.71. The van der Waals surface area contributed by atoms with Crippen molar-refractivity contribution in [2.45, 2.75) is 13.0 Å². The van der Waals surface area contributed by atoms with E-state index in [0.717, 1.165) is 0 Å². The molecule has 2 nitrogen and oxygen atoms in total. The summed E-state index contributed by atoms with van der Waals surface area (Å²) in [6.07, 6.45) is 3.76. The summed E-state index contributed by atoms with van der Waals surface area (Å²) in [7, 11) is 1.99. The summed E-state index contributed by atoms with van der Waals surface area (Å²) in [5.41, 5.74) is 3.84. The molecule has 0 aliphatic rings. The Morgan fingerprint density at radius 2 is 2.27 bits per heavy atom. The Bertz CT molecular complexity index is 423. The molecule has 3 heteroatoms. The summed E-state index contributed by atoms with van der Waals surface area (Å²) in [5, 5.41) is 7.63. The number of thiophene rings is 1. The van der Waals surface area contributed by atoms with Crippen LogP contribution >= 0.6 is 11.3 Å². The fourth-order valence-corrected chi connectivity index (χ4v) is 2.44. The predicted molar refractivity (Wildman–Crippen MR) is 64.2 cm³/mol. The third-order valence-corrected chi connectivity index (χ3v) is 3.24. The van der Waals surface area contributed by atoms with E-state index in [-0.39, 0.29) is 6.04 Å². The molecule has 0 spiro atoms. The Morgan fingerprint density at radius 3 is 2.87 bits per heavy atom. The topological polar surface area (TPSA) is 24.9 Å². The van der Waals surface area contributed by atoms with Crippen LogP contribution in [0.2, 0.25) is 0 Å².